The van der Waals surface area contributed by atoms with Crippen molar-refractivity contribution in [3.63, 3.8) is 0 Å². The molecule has 0 aromatic heterocycles. The van der Waals surface area contributed by atoms with Gasteiger partial charge in [-0.3, -0.25) is 0 Å². The third-order valence-corrected chi connectivity index (χ3v) is 3.00. The Balaban J connectivity index is 2.90. The summed E-state index contributed by atoms with van der Waals surface area (Å²) < 4.78 is 39.9. The Morgan fingerprint density at radius 2 is 1.68 bits per heavy atom. The Bertz CT molecular complexity index is 609. The monoisotopic (exact) mass is 348 g/mol. The van der Waals surface area contributed by atoms with Crippen LogP contribution in [0, 0.1) is 28.1 Å². The average Bonchev–Trinajstić information content (AvgIpc) is 2.44. The van der Waals surface area contributed by atoms with Gasteiger partial charge in [-0.2, -0.15) is 10.5 Å². The van der Waals surface area contributed by atoms with Gasteiger partial charge in [0.05, 0.1) is 12.1 Å². The zero-order chi connectivity index (χ0) is 16.8. The van der Waals surface area contributed by atoms with Crippen molar-refractivity contribution in [3.05, 3.63) is 40.4 Å². The van der Waals surface area contributed by atoms with Gasteiger partial charge in [0, 0.05) is 12.8 Å². The van der Waals surface area contributed by atoms with Crippen molar-refractivity contribution >= 4 is 23.2 Å². The van der Waals surface area contributed by atoms with Gasteiger partial charge in [-0.25, -0.2) is 0 Å². The number of nitrogens with zero attached hydrogens (tertiary/aromatic N) is 2. The Morgan fingerprint density at radius 3 is 2.09 bits per heavy atom. The van der Waals surface area contributed by atoms with E-state index in [1.807, 2.05) is 12.1 Å². The minimum atomic E-state index is -4.77. The number of hydrogen-bond donors (Lipinski definition) is 0. The first-order valence-electron chi connectivity index (χ1n) is 5.88. The molecular weight excluding hydrogens is 340 g/mol. The van der Waals surface area contributed by atoms with Gasteiger partial charge in [0.1, 0.15) is 10.2 Å². The summed E-state index contributed by atoms with van der Waals surface area (Å²) in [4.78, 5) is 0. The normalized spacial score (nSPS) is 11.2. The molecule has 0 aliphatic carbocycles. The summed E-state index contributed by atoms with van der Waals surface area (Å²) in [6.45, 7) is 0. The molecule has 0 fully saturated rings. The van der Waals surface area contributed by atoms with Gasteiger partial charge in [0.2, 0.25) is 0 Å². The lowest BCUT2D eigenvalue weighted by atomic mass is 9.81. The second kappa shape index (κ2) is 7.40. The molecule has 1 aromatic rings. The topological polar surface area (TPSA) is 56.8 Å². The molecule has 3 nitrogen and oxygen atoms in total. The van der Waals surface area contributed by atoms with E-state index >= 15 is 0 Å². The molecule has 0 aliphatic rings. The van der Waals surface area contributed by atoms with E-state index in [9.17, 15) is 23.7 Å². The summed E-state index contributed by atoms with van der Waals surface area (Å²) in [5, 5.41) is 18.4. The van der Waals surface area contributed by atoms with Gasteiger partial charge in [0.15, 0.2) is 5.41 Å². The Hall–Kier alpha value is -1.89. The molecule has 1 rings (SSSR count). The lowest BCUT2D eigenvalue weighted by Crippen LogP contribution is -2.19. The van der Waals surface area contributed by atoms with Gasteiger partial charge >= 0.3 is 6.36 Å². The maximum atomic E-state index is 12.1. The minimum Gasteiger partial charge on any atom is -0.406 e. The van der Waals surface area contributed by atoms with Crippen LogP contribution in [0.15, 0.2) is 34.8 Å². The van der Waals surface area contributed by atoms with Crippen LogP contribution in [0.1, 0.15) is 12.0 Å². The quantitative estimate of drug-likeness (QED) is 0.762. The highest BCUT2D eigenvalue weighted by molar-refractivity contribution is 6.55. The molecule has 116 valence electrons. The molecule has 0 saturated carbocycles. The minimum absolute atomic E-state index is 0.00311. The van der Waals surface area contributed by atoms with Crippen LogP contribution in [0.4, 0.5) is 13.2 Å². The Morgan fingerprint density at radius 1 is 1.14 bits per heavy atom. The second-order valence-corrected chi connectivity index (χ2v) is 5.38. The van der Waals surface area contributed by atoms with Crippen LogP contribution in [-0.4, -0.2) is 6.36 Å². The van der Waals surface area contributed by atoms with E-state index in [0.717, 1.165) is 12.1 Å². The van der Waals surface area contributed by atoms with Gasteiger partial charge in [-0.15, -0.1) is 13.2 Å². The van der Waals surface area contributed by atoms with Crippen LogP contribution in [-0.2, 0) is 6.42 Å². The first-order valence-corrected chi connectivity index (χ1v) is 6.64. The zero-order valence-electron chi connectivity index (χ0n) is 11.0. The van der Waals surface area contributed by atoms with Crippen molar-refractivity contribution in [1.82, 2.24) is 0 Å². The molecule has 0 aliphatic heterocycles. The standard InChI is InChI=1S/C14H9Cl2F3N2O/c15-12(16)5-6-13(8-20,9-21)7-10-1-3-11(4-2-10)22-14(17,18)19/h1-5H,6-7H2. The molecule has 0 radical (unpaired) electrons. The second-order valence-electron chi connectivity index (χ2n) is 4.37. The highest BCUT2D eigenvalue weighted by Crippen LogP contribution is 2.29. The zero-order valence-corrected chi connectivity index (χ0v) is 12.5. The first kappa shape index (κ1) is 18.2. The molecule has 0 spiro atoms. The maximum absolute atomic E-state index is 12.1. The van der Waals surface area contributed by atoms with Crippen molar-refractivity contribution in [2.24, 2.45) is 5.41 Å². The number of hydrogen-bond acceptors (Lipinski definition) is 3. The van der Waals surface area contributed by atoms with Crippen molar-refractivity contribution in [2.75, 3.05) is 0 Å². The van der Waals surface area contributed by atoms with Crippen molar-refractivity contribution < 1.29 is 17.9 Å². The van der Waals surface area contributed by atoms with Crippen molar-refractivity contribution in [1.29, 1.82) is 10.5 Å². The van der Waals surface area contributed by atoms with Crippen molar-refractivity contribution in [3.8, 4) is 17.9 Å². The van der Waals surface area contributed by atoms with Crippen LogP contribution >= 0.6 is 23.2 Å². The molecule has 0 bridgehead atoms. The number of rotatable bonds is 5. The van der Waals surface area contributed by atoms with E-state index in [2.05, 4.69) is 4.74 Å². The van der Waals surface area contributed by atoms with E-state index in [0.29, 0.717) is 5.56 Å². The van der Waals surface area contributed by atoms with Gasteiger partial charge < -0.3 is 4.74 Å². The van der Waals surface area contributed by atoms with Crippen LogP contribution in [0.3, 0.4) is 0 Å². The first-order chi connectivity index (χ1) is 10.2. The molecule has 22 heavy (non-hydrogen) atoms. The smallest absolute Gasteiger partial charge is 0.406 e. The lowest BCUT2D eigenvalue weighted by Gasteiger charge is -2.17. The van der Waals surface area contributed by atoms with Gasteiger partial charge in [-0.1, -0.05) is 41.4 Å². The molecule has 0 unspecified atom stereocenters. The highest BCUT2D eigenvalue weighted by Gasteiger charge is 2.32. The molecule has 1 aromatic carbocycles. The largest absolute Gasteiger partial charge is 0.573 e. The van der Waals surface area contributed by atoms with Gasteiger partial charge in [0.25, 0.3) is 0 Å². The number of ether oxygens (including phenoxy) is 1. The van der Waals surface area contributed by atoms with Gasteiger partial charge in [-0.05, 0) is 17.7 Å². The number of benzene rings is 1. The summed E-state index contributed by atoms with van der Waals surface area (Å²) in [7, 11) is 0. The fourth-order valence-corrected chi connectivity index (χ4v) is 1.83. The van der Waals surface area contributed by atoms with E-state index in [4.69, 9.17) is 23.2 Å². The van der Waals surface area contributed by atoms with Crippen LogP contribution in [0.2, 0.25) is 0 Å². The molecule has 0 amide bonds. The fourth-order valence-electron chi connectivity index (χ4n) is 1.68. The summed E-state index contributed by atoms with van der Waals surface area (Å²) in [5.74, 6) is -0.375. The average molecular weight is 349 g/mol. The Labute approximate surface area is 135 Å². The number of nitriles is 2. The summed E-state index contributed by atoms with van der Waals surface area (Å²) in [6, 6.07) is 8.73. The van der Waals surface area contributed by atoms with Crippen LogP contribution in [0.25, 0.3) is 0 Å². The number of alkyl halides is 3. The van der Waals surface area contributed by atoms with E-state index in [-0.39, 0.29) is 23.1 Å². The molecule has 0 N–H and O–H groups in total. The van der Waals surface area contributed by atoms with E-state index < -0.39 is 11.8 Å². The third-order valence-electron chi connectivity index (χ3n) is 2.70. The summed E-state index contributed by atoms with van der Waals surface area (Å²) in [6.07, 6.45) is -3.42. The third kappa shape index (κ3) is 5.85. The maximum Gasteiger partial charge on any atom is 0.573 e. The highest BCUT2D eigenvalue weighted by atomic mass is 35.5. The van der Waals surface area contributed by atoms with E-state index in [1.165, 1.54) is 18.2 Å². The number of allylic oxidation sites excluding steroid dienone is 1. The van der Waals surface area contributed by atoms with Crippen LogP contribution in [0.5, 0.6) is 5.75 Å². The van der Waals surface area contributed by atoms with E-state index in [1.54, 1.807) is 0 Å². The summed E-state index contributed by atoms with van der Waals surface area (Å²) in [5.41, 5.74) is -0.891. The molecule has 0 heterocycles. The van der Waals surface area contributed by atoms with Crippen molar-refractivity contribution in [2.45, 2.75) is 19.2 Å². The lowest BCUT2D eigenvalue weighted by molar-refractivity contribution is -0.274. The SMILES string of the molecule is N#CC(C#N)(CC=C(Cl)Cl)Cc1ccc(OC(F)(F)F)cc1. The number of halogens is 5. The molecule has 8 heteroatoms. The predicted molar refractivity (Wildman–Crippen MR) is 74.9 cm³/mol. The molecular formula is C14H9Cl2F3N2O. The fraction of sp³-hybridized carbons (Fsp3) is 0.286. The molecule has 0 saturated heterocycles. The molecule has 0 atom stereocenters. The summed E-state index contributed by atoms with van der Waals surface area (Å²) >= 11 is 10.9. The predicted octanol–water partition coefficient (Wildman–Crippen LogP) is 4.87. The Kier molecular flexibility index (Phi) is 6.11. The van der Waals surface area contributed by atoms with Crippen LogP contribution < -0.4 is 4.74 Å².